The first-order valence-electron chi connectivity index (χ1n) is 9.76. The number of aromatic nitrogens is 4. The van der Waals surface area contributed by atoms with Crippen molar-refractivity contribution < 1.29 is 4.79 Å². The fourth-order valence-electron chi connectivity index (χ4n) is 3.18. The first kappa shape index (κ1) is 22.6. The van der Waals surface area contributed by atoms with Crippen molar-refractivity contribution in [3.05, 3.63) is 44.4 Å². The summed E-state index contributed by atoms with van der Waals surface area (Å²) in [6.07, 6.45) is 0. The van der Waals surface area contributed by atoms with Gasteiger partial charge in [0.05, 0.1) is 33.2 Å². The van der Waals surface area contributed by atoms with Crippen LogP contribution in [0.15, 0.2) is 32.6 Å². The molecular weight excluding hydrogens is 466 g/mol. The molecule has 2 aromatic heterocycles. The van der Waals surface area contributed by atoms with E-state index < -0.39 is 5.25 Å². The Kier molecular flexibility index (Phi) is 6.71. The number of halogens is 1. The molecule has 9 heteroatoms. The third-order valence-corrected chi connectivity index (χ3v) is 6.42. The van der Waals surface area contributed by atoms with Crippen molar-refractivity contribution in [2.24, 2.45) is 13.0 Å². The summed E-state index contributed by atoms with van der Waals surface area (Å²) in [5.74, 6) is 0.110. The molecule has 1 aromatic carbocycles. The summed E-state index contributed by atoms with van der Waals surface area (Å²) >= 11 is 4.72. The average Bonchev–Trinajstić information content (AvgIpc) is 2.91. The lowest BCUT2D eigenvalue weighted by Gasteiger charge is -2.18. The van der Waals surface area contributed by atoms with E-state index in [9.17, 15) is 9.59 Å². The van der Waals surface area contributed by atoms with Gasteiger partial charge >= 0.3 is 0 Å². The lowest BCUT2D eigenvalue weighted by Crippen LogP contribution is -2.28. The molecule has 0 bridgehead atoms. The van der Waals surface area contributed by atoms with E-state index in [0.29, 0.717) is 22.6 Å². The van der Waals surface area contributed by atoms with Crippen LogP contribution in [0.1, 0.15) is 32.2 Å². The van der Waals surface area contributed by atoms with Gasteiger partial charge in [-0.2, -0.15) is 5.10 Å². The molecule has 1 N–H and O–H groups in total. The number of fused-ring (bicyclic) bond motifs is 1. The second kappa shape index (κ2) is 8.93. The maximum atomic E-state index is 13.1. The van der Waals surface area contributed by atoms with E-state index in [1.165, 1.54) is 11.8 Å². The summed E-state index contributed by atoms with van der Waals surface area (Å²) in [5, 5.41) is 7.98. The Balaban J connectivity index is 1.94. The van der Waals surface area contributed by atoms with Crippen LogP contribution >= 0.6 is 27.7 Å². The van der Waals surface area contributed by atoms with Gasteiger partial charge in [0.2, 0.25) is 5.91 Å². The third kappa shape index (κ3) is 4.62. The van der Waals surface area contributed by atoms with Crippen LogP contribution in [0.3, 0.4) is 0 Å². The number of benzene rings is 1. The highest BCUT2D eigenvalue weighted by atomic mass is 79.9. The molecule has 1 atom stereocenters. The van der Waals surface area contributed by atoms with Gasteiger partial charge in [-0.1, -0.05) is 41.5 Å². The molecule has 0 radical (unpaired) electrons. The Morgan fingerprint density at radius 3 is 2.57 bits per heavy atom. The van der Waals surface area contributed by atoms with Crippen LogP contribution in [-0.2, 0) is 18.4 Å². The SMILES string of the molecule is Cc1nn(C)c(C)c1NC(=O)C(C)Sc1nc2ccc(Br)cc2c(=O)n1CC(C)C. The molecule has 160 valence electrons. The first-order valence-corrected chi connectivity index (χ1v) is 11.4. The van der Waals surface area contributed by atoms with E-state index in [0.717, 1.165) is 21.5 Å². The number of hydrogen-bond donors (Lipinski definition) is 1. The molecule has 0 aliphatic rings. The minimum absolute atomic E-state index is 0.0935. The number of amides is 1. The second-order valence-corrected chi connectivity index (χ2v) is 10.0. The van der Waals surface area contributed by atoms with Crippen molar-refractivity contribution in [1.82, 2.24) is 19.3 Å². The highest BCUT2D eigenvalue weighted by molar-refractivity contribution is 9.10. The molecule has 0 saturated heterocycles. The van der Waals surface area contributed by atoms with Gasteiger partial charge in [-0.3, -0.25) is 18.8 Å². The van der Waals surface area contributed by atoms with Crippen molar-refractivity contribution >= 4 is 50.2 Å². The number of aryl methyl sites for hydroxylation is 2. The van der Waals surface area contributed by atoms with Crippen LogP contribution in [-0.4, -0.2) is 30.5 Å². The smallest absolute Gasteiger partial charge is 0.262 e. The summed E-state index contributed by atoms with van der Waals surface area (Å²) in [6, 6.07) is 5.47. The average molecular weight is 492 g/mol. The highest BCUT2D eigenvalue weighted by Crippen LogP contribution is 2.26. The molecule has 7 nitrogen and oxygen atoms in total. The van der Waals surface area contributed by atoms with E-state index >= 15 is 0 Å². The fraction of sp³-hybridized carbons (Fsp3) is 0.429. The van der Waals surface area contributed by atoms with E-state index in [-0.39, 0.29) is 17.4 Å². The Labute approximate surface area is 188 Å². The maximum Gasteiger partial charge on any atom is 0.262 e. The van der Waals surface area contributed by atoms with Crippen LogP contribution in [0.5, 0.6) is 0 Å². The van der Waals surface area contributed by atoms with Gasteiger partial charge in [0, 0.05) is 18.1 Å². The van der Waals surface area contributed by atoms with Crippen molar-refractivity contribution in [1.29, 1.82) is 0 Å². The molecule has 0 spiro atoms. The summed E-state index contributed by atoms with van der Waals surface area (Å²) in [7, 11) is 1.85. The lowest BCUT2D eigenvalue weighted by atomic mass is 10.2. The lowest BCUT2D eigenvalue weighted by molar-refractivity contribution is -0.115. The molecule has 1 unspecified atom stereocenters. The van der Waals surface area contributed by atoms with Gasteiger partial charge in [0.15, 0.2) is 5.16 Å². The molecule has 0 aliphatic carbocycles. The fourth-order valence-corrected chi connectivity index (χ4v) is 4.46. The number of carbonyl (C=O) groups is 1. The van der Waals surface area contributed by atoms with Gasteiger partial charge < -0.3 is 5.32 Å². The zero-order chi connectivity index (χ0) is 22.2. The number of thioether (sulfide) groups is 1. The Morgan fingerprint density at radius 1 is 1.27 bits per heavy atom. The number of nitrogens with one attached hydrogen (secondary N) is 1. The van der Waals surface area contributed by atoms with Crippen LogP contribution < -0.4 is 10.9 Å². The van der Waals surface area contributed by atoms with Gasteiger partial charge in [-0.05, 0) is 44.9 Å². The highest BCUT2D eigenvalue weighted by Gasteiger charge is 2.22. The number of nitrogens with zero attached hydrogens (tertiary/aromatic N) is 4. The number of rotatable bonds is 6. The summed E-state index contributed by atoms with van der Waals surface area (Å²) in [5.41, 5.74) is 2.92. The molecule has 1 amide bonds. The molecule has 3 rings (SSSR count). The van der Waals surface area contributed by atoms with Crippen LogP contribution in [0.2, 0.25) is 0 Å². The third-order valence-electron chi connectivity index (χ3n) is 4.84. The Hall–Kier alpha value is -2.13. The zero-order valence-corrected chi connectivity index (χ0v) is 20.4. The molecule has 30 heavy (non-hydrogen) atoms. The second-order valence-electron chi connectivity index (χ2n) is 7.78. The quantitative estimate of drug-likeness (QED) is 0.410. The maximum absolute atomic E-state index is 13.1. The normalized spacial score (nSPS) is 12.5. The molecule has 0 aliphatic heterocycles. The standard InChI is InChI=1S/C21H26BrN5O2S/c1-11(2)10-27-20(29)16-9-15(22)7-8-17(16)23-21(27)30-14(5)19(28)24-18-12(3)25-26(6)13(18)4/h7-9,11,14H,10H2,1-6H3,(H,24,28). The molecule has 2 heterocycles. The summed E-state index contributed by atoms with van der Waals surface area (Å²) in [6.45, 7) is 10.2. The molecule has 0 fully saturated rings. The summed E-state index contributed by atoms with van der Waals surface area (Å²) < 4.78 is 4.25. The van der Waals surface area contributed by atoms with Gasteiger partial charge in [0.25, 0.3) is 5.56 Å². The topological polar surface area (TPSA) is 81.8 Å². The molecule has 0 saturated carbocycles. The Bertz CT molecular complexity index is 1170. The number of carbonyl (C=O) groups excluding carboxylic acids is 1. The van der Waals surface area contributed by atoms with Gasteiger partial charge in [-0.15, -0.1) is 0 Å². The largest absolute Gasteiger partial charge is 0.322 e. The van der Waals surface area contributed by atoms with E-state index in [4.69, 9.17) is 4.98 Å². The van der Waals surface area contributed by atoms with Crippen LogP contribution in [0.4, 0.5) is 5.69 Å². The van der Waals surface area contributed by atoms with Crippen molar-refractivity contribution in [2.75, 3.05) is 5.32 Å². The van der Waals surface area contributed by atoms with Gasteiger partial charge in [-0.25, -0.2) is 4.98 Å². The predicted octanol–water partition coefficient (Wildman–Crippen LogP) is 4.28. The van der Waals surface area contributed by atoms with Crippen LogP contribution in [0, 0.1) is 19.8 Å². The molecule has 3 aromatic rings. The van der Waals surface area contributed by atoms with E-state index in [1.54, 1.807) is 15.3 Å². The van der Waals surface area contributed by atoms with E-state index in [1.807, 2.05) is 40.0 Å². The zero-order valence-electron chi connectivity index (χ0n) is 18.0. The van der Waals surface area contributed by atoms with Gasteiger partial charge in [0.1, 0.15) is 0 Å². The van der Waals surface area contributed by atoms with Crippen molar-refractivity contribution in [3.8, 4) is 0 Å². The van der Waals surface area contributed by atoms with E-state index in [2.05, 4.69) is 40.2 Å². The van der Waals surface area contributed by atoms with Crippen molar-refractivity contribution in [2.45, 2.75) is 51.6 Å². The number of hydrogen-bond acceptors (Lipinski definition) is 5. The first-order chi connectivity index (χ1) is 14.1. The molecular formula is C21H26BrN5O2S. The number of anilines is 1. The summed E-state index contributed by atoms with van der Waals surface area (Å²) in [4.78, 5) is 30.7. The van der Waals surface area contributed by atoms with Crippen molar-refractivity contribution in [3.63, 3.8) is 0 Å². The predicted molar refractivity (Wildman–Crippen MR) is 125 cm³/mol. The Morgan fingerprint density at radius 2 is 1.97 bits per heavy atom. The minimum Gasteiger partial charge on any atom is -0.322 e. The monoisotopic (exact) mass is 491 g/mol. The minimum atomic E-state index is -0.442. The van der Waals surface area contributed by atoms with Crippen LogP contribution in [0.25, 0.3) is 10.9 Å².